The monoisotopic (exact) mass is 180 g/mol. The van der Waals surface area contributed by atoms with E-state index in [1.807, 2.05) is 19.2 Å². The van der Waals surface area contributed by atoms with Gasteiger partial charge in [0.25, 0.3) is 0 Å². The van der Waals surface area contributed by atoms with Crippen molar-refractivity contribution in [1.82, 2.24) is 5.32 Å². The highest BCUT2D eigenvalue weighted by Crippen LogP contribution is 1.97. The van der Waals surface area contributed by atoms with E-state index in [1.165, 1.54) is 0 Å². The van der Waals surface area contributed by atoms with E-state index in [2.05, 4.69) is 30.7 Å². The van der Waals surface area contributed by atoms with Gasteiger partial charge in [-0.15, -0.1) is 0 Å². The number of hydrogen-bond donors (Lipinski definition) is 1. The zero-order valence-corrected chi connectivity index (χ0v) is 8.88. The molecule has 0 rings (SSSR count). The van der Waals surface area contributed by atoms with Crippen molar-refractivity contribution in [2.45, 2.75) is 26.3 Å². The van der Waals surface area contributed by atoms with Crippen LogP contribution in [0, 0.1) is 0 Å². The van der Waals surface area contributed by atoms with Crippen LogP contribution in [0.1, 0.15) is 20.3 Å². The molecule has 0 saturated carbocycles. The number of hydrogen-bond acceptors (Lipinski definition) is 2. The molecule has 0 fully saturated rings. The van der Waals surface area contributed by atoms with Gasteiger partial charge in [-0.25, -0.2) is 0 Å². The molecule has 0 radical (unpaired) electrons. The highest BCUT2D eigenvalue weighted by Gasteiger charge is 2.07. The first-order valence-electron chi connectivity index (χ1n) is 4.79. The topological polar surface area (TPSA) is 24.4 Å². The lowest BCUT2D eigenvalue weighted by molar-refractivity contribution is 0.627. The molecule has 2 nitrogen and oxygen atoms in total. The fourth-order valence-corrected chi connectivity index (χ4v) is 1.22. The molecule has 0 amide bonds. The highest BCUT2D eigenvalue weighted by molar-refractivity contribution is 5.99. The van der Waals surface area contributed by atoms with Gasteiger partial charge in [0.1, 0.15) is 0 Å². The molecule has 0 aliphatic carbocycles. The SMILES string of the molecule is C=C/C=C\C(=NC)C(CC)NCC. The van der Waals surface area contributed by atoms with Crippen LogP contribution in [-0.4, -0.2) is 25.3 Å². The van der Waals surface area contributed by atoms with E-state index < -0.39 is 0 Å². The highest BCUT2D eigenvalue weighted by atomic mass is 14.9. The van der Waals surface area contributed by atoms with Crippen LogP contribution < -0.4 is 5.32 Å². The van der Waals surface area contributed by atoms with Gasteiger partial charge in [0.15, 0.2) is 0 Å². The molecule has 0 aromatic carbocycles. The third kappa shape index (κ3) is 4.63. The molecule has 74 valence electrons. The van der Waals surface area contributed by atoms with E-state index in [-0.39, 0.29) is 0 Å². The summed E-state index contributed by atoms with van der Waals surface area (Å²) in [5, 5.41) is 3.38. The van der Waals surface area contributed by atoms with Gasteiger partial charge in [-0.1, -0.05) is 32.6 Å². The predicted octanol–water partition coefficient (Wildman–Crippen LogP) is 2.19. The molecule has 13 heavy (non-hydrogen) atoms. The number of nitrogens with one attached hydrogen (secondary N) is 1. The molecular weight excluding hydrogens is 160 g/mol. The lowest BCUT2D eigenvalue weighted by Crippen LogP contribution is -2.35. The van der Waals surface area contributed by atoms with Crippen molar-refractivity contribution >= 4 is 5.71 Å². The average molecular weight is 180 g/mol. The maximum Gasteiger partial charge on any atom is 0.0514 e. The van der Waals surface area contributed by atoms with Crippen molar-refractivity contribution in [3.63, 3.8) is 0 Å². The van der Waals surface area contributed by atoms with Crippen molar-refractivity contribution in [2.75, 3.05) is 13.6 Å². The van der Waals surface area contributed by atoms with Crippen LogP contribution in [0.5, 0.6) is 0 Å². The maximum atomic E-state index is 4.23. The second-order valence-corrected chi connectivity index (χ2v) is 2.76. The van der Waals surface area contributed by atoms with Gasteiger partial charge >= 0.3 is 0 Å². The molecule has 0 spiro atoms. The van der Waals surface area contributed by atoms with Crippen LogP contribution in [0.15, 0.2) is 29.8 Å². The first-order valence-corrected chi connectivity index (χ1v) is 4.79. The third-order valence-electron chi connectivity index (χ3n) is 1.88. The fraction of sp³-hybridized carbons (Fsp3) is 0.545. The van der Waals surface area contributed by atoms with E-state index in [0.29, 0.717) is 6.04 Å². The normalized spacial score (nSPS) is 14.8. The van der Waals surface area contributed by atoms with E-state index in [0.717, 1.165) is 18.7 Å². The van der Waals surface area contributed by atoms with Gasteiger partial charge < -0.3 is 5.32 Å². The Bertz CT molecular complexity index is 192. The molecule has 2 heteroatoms. The first kappa shape index (κ1) is 12.1. The standard InChI is InChI=1S/C11H20N2/c1-5-8-9-11(12-4)10(6-2)13-7-3/h5,8-10,13H,1,6-7H2,2-4H3/b9-8-,12-11?. The molecule has 0 aliphatic heterocycles. The summed E-state index contributed by atoms with van der Waals surface area (Å²) in [4.78, 5) is 4.23. The van der Waals surface area contributed by atoms with Crippen molar-refractivity contribution < 1.29 is 0 Å². The molecule has 1 atom stereocenters. The average Bonchev–Trinajstić information content (AvgIpc) is 2.17. The summed E-state index contributed by atoms with van der Waals surface area (Å²) in [6.45, 7) is 8.86. The molecule has 0 aromatic rings. The summed E-state index contributed by atoms with van der Waals surface area (Å²) in [5.74, 6) is 0. The van der Waals surface area contributed by atoms with Crippen LogP contribution in [0.4, 0.5) is 0 Å². The Balaban J connectivity index is 4.34. The Hall–Kier alpha value is -0.890. The molecule has 0 aliphatic rings. The lowest BCUT2D eigenvalue weighted by Gasteiger charge is -2.15. The van der Waals surface area contributed by atoms with E-state index in [4.69, 9.17) is 0 Å². The minimum absolute atomic E-state index is 0.367. The molecular formula is C11H20N2. The van der Waals surface area contributed by atoms with Crippen LogP contribution in [0.25, 0.3) is 0 Å². The Morgan fingerprint density at radius 3 is 2.62 bits per heavy atom. The molecule has 1 unspecified atom stereocenters. The number of aliphatic imine (C=N–C) groups is 1. The van der Waals surface area contributed by atoms with Gasteiger partial charge in [0, 0.05) is 13.1 Å². The largest absolute Gasteiger partial charge is 0.309 e. The van der Waals surface area contributed by atoms with E-state index in [9.17, 15) is 0 Å². The molecule has 0 aromatic heterocycles. The van der Waals surface area contributed by atoms with E-state index >= 15 is 0 Å². The minimum Gasteiger partial charge on any atom is -0.309 e. The van der Waals surface area contributed by atoms with Gasteiger partial charge in [-0.3, -0.25) is 4.99 Å². The van der Waals surface area contributed by atoms with Crippen LogP contribution in [-0.2, 0) is 0 Å². The second kappa shape index (κ2) is 7.74. The smallest absolute Gasteiger partial charge is 0.0514 e. The third-order valence-corrected chi connectivity index (χ3v) is 1.88. The number of rotatable bonds is 6. The fourth-order valence-electron chi connectivity index (χ4n) is 1.22. The summed E-state index contributed by atoms with van der Waals surface area (Å²) in [5.41, 5.74) is 1.09. The predicted molar refractivity (Wildman–Crippen MR) is 60.5 cm³/mol. The maximum absolute atomic E-state index is 4.23. The number of nitrogens with zero attached hydrogens (tertiary/aromatic N) is 1. The Morgan fingerprint density at radius 2 is 2.23 bits per heavy atom. The Morgan fingerprint density at radius 1 is 1.54 bits per heavy atom. The van der Waals surface area contributed by atoms with Gasteiger partial charge in [-0.05, 0) is 19.0 Å². The van der Waals surface area contributed by atoms with Crippen molar-refractivity contribution in [3.05, 3.63) is 24.8 Å². The van der Waals surface area contributed by atoms with Gasteiger partial charge in [0.2, 0.25) is 0 Å². The summed E-state index contributed by atoms with van der Waals surface area (Å²) in [6.07, 6.45) is 6.75. The van der Waals surface area contributed by atoms with Crippen molar-refractivity contribution in [2.24, 2.45) is 4.99 Å². The lowest BCUT2D eigenvalue weighted by atomic mass is 10.1. The summed E-state index contributed by atoms with van der Waals surface area (Å²) >= 11 is 0. The Labute approximate surface area is 81.5 Å². The van der Waals surface area contributed by atoms with Gasteiger partial charge in [0.05, 0.1) is 5.71 Å². The Kier molecular flexibility index (Phi) is 7.21. The summed E-state index contributed by atoms with van der Waals surface area (Å²) in [6, 6.07) is 0.367. The summed E-state index contributed by atoms with van der Waals surface area (Å²) < 4.78 is 0. The van der Waals surface area contributed by atoms with Crippen molar-refractivity contribution in [1.29, 1.82) is 0 Å². The summed E-state index contributed by atoms with van der Waals surface area (Å²) in [7, 11) is 1.82. The minimum atomic E-state index is 0.367. The molecule has 0 heterocycles. The van der Waals surface area contributed by atoms with Gasteiger partial charge in [-0.2, -0.15) is 0 Å². The molecule has 0 saturated heterocycles. The zero-order valence-electron chi connectivity index (χ0n) is 8.88. The van der Waals surface area contributed by atoms with Crippen LogP contribution in [0.2, 0.25) is 0 Å². The molecule has 1 N–H and O–H groups in total. The number of allylic oxidation sites excluding steroid dienone is 2. The zero-order chi connectivity index (χ0) is 10.1. The van der Waals surface area contributed by atoms with E-state index in [1.54, 1.807) is 6.08 Å². The second-order valence-electron chi connectivity index (χ2n) is 2.76. The first-order chi connectivity index (χ1) is 6.29. The quantitative estimate of drug-likeness (QED) is 0.492. The molecule has 0 bridgehead atoms. The van der Waals surface area contributed by atoms with Crippen molar-refractivity contribution in [3.8, 4) is 0 Å². The van der Waals surface area contributed by atoms with Crippen LogP contribution in [0.3, 0.4) is 0 Å². The van der Waals surface area contributed by atoms with Crippen LogP contribution >= 0.6 is 0 Å².